The minimum Gasteiger partial charge on any atom is -0.485 e. The molecule has 0 unspecified atom stereocenters. The van der Waals surface area contributed by atoms with Crippen molar-refractivity contribution in [1.29, 1.82) is 0 Å². The number of carbonyl (C=O) groups excluding carboxylic acids is 2. The quantitative estimate of drug-likeness (QED) is 0.672. The van der Waals surface area contributed by atoms with E-state index in [9.17, 15) is 9.59 Å². The van der Waals surface area contributed by atoms with E-state index in [2.05, 4.69) is 5.32 Å². The highest BCUT2D eigenvalue weighted by Gasteiger charge is 2.28. The van der Waals surface area contributed by atoms with Gasteiger partial charge in [-0.2, -0.15) is 0 Å². The number of esters is 1. The molecule has 0 aliphatic carbocycles. The van der Waals surface area contributed by atoms with Crippen LogP contribution in [0.1, 0.15) is 15.9 Å². The van der Waals surface area contributed by atoms with E-state index in [0.717, 1.165) is 11.3 Å². The lowest BCUT2D eigenvalue weighted by atomic mass is 10.1. The Morgan fingerprint density at radius 2 is 1.59 bits per heavy atom. The fourth-order valence-electron chi connectivity index (χ4n) is 2.86. The van der Waals surface area contributed by atoms with E-state index in [1.807, 2.05) is 42.5 Å². The summed E-state index contributed by atoms with van der Waals surface area (Å²) in [5, 5.41) is 2.82. The summed E-state index contributed by atoms with van der Waals surface area (Å²) in [4.78, 5) is 24.5. The Kier molecular flexibility index (Phi) is 5.42. The smallest absolute Gasteiger partial charge is 0.351 e. The maximum atomic E-state index is 12.3. The lowest BCUT2D eigenvalue weighted by Crippen LogP contribution is -2.37. The molecule has 3 aromatic carbocycles. The van der Waals surface area contributed by atoms with Crippen molar-refractivity contribution in [2.45, 2.75) is 12.7 Å². The Bertz CT molecular complexity index is 1000. The molecule has 1 aliphatic rings. The van der Waals surface area contributed by atoms with E-state index in [4.69, 9.17) is 14.2 Å². The molecule has 1 N–H and O–H groups in total. The number of ether oxygens (including phenoxy) is 3. The molecule has 4 rings (SSSR count). The molecular formula is C23H19NO5. The molecular weight excluding hydrogens is 370 g/mol. The van der Waals surface area contributed by atoms with Crippen LogP contribution in [0, 0.1) is 0 Å². The molecule has 3 aromatic rings. The number of hydrogen-bond donors (Lipinski definition) is 1. The van der Waals surface area contributed by atoms with E-state index < -0.39 is 12.1 Å². The van der Waals surface area contributed by atoms with Crippen molar-refractivity contribution >= 4 is 17.6 Å². The Labute approximate surface area is 168 Å². The summed E-state index contributed by atoms with van der Waals surface area (Å²) >= 11 is 0. The van der Waals surface area contributed by atoms with Crippen LogP contribution < -0.4 is 14.8 Å². The third-order valence-electron chi connectivity index (χ3n) is 4.40. The molecule has 0 radical (unpaired) electrons. The maximum absolute atomic E-state index is 12.3. The fourth-order valence-corrected chi connectivity index (χ4v) is 2.86. The van der Waals surface area contributed by atoms with Crippen molar-refractivity contribution in [3.63, 3.8) is 0 Å². The molecule has 29 heavy (non-hydrogen) atoms. The average Bonchev–Trinajstić information content (AvgIpc) is 2.78. The van der Waals surface area contributed by atoms with Gasteiger partial charge in [-0.3, -0.25) is 4.79 Å². The van der Waals surface area contributed by atoms with Gasteiger partial charge in [0.1, 0.15) is 13.2 Å². The van der Waals surface area contributed by atoms with Crippen LogP contribution in [0.25, 0.3) is 0 Å². The zero-order valence-electron chi connectivity index (χ0n) is 15.5. The lowest BCUT2D eigenvalue weighted by Gasteiger charge is -2.24. The van der Waals surface area contributed by atoms with Crippen molar-refractivity contribution in [2.75, 3.05) is 11.9 Å². The van der Waals surface area contributed by atoms with Gasteiger partial charge in [0, 0.05) is 11.3 Å². The Morgan fingerprint density at radius 3 is 2.34 bits per heavy atom. The summed E-state index contributed by atoms with van der Waals surface area (Å²) < 4.78 is 16.5. The molecule has 0 bridgehead atoms. The predicted octanol–water partition coefficient (Wildman–Crippen LogP) is 3.82. The normalized spacial score (nSPS) is 14.7. The first-order valence-corrected chi connectivity index (χ1v) is 9.19. The van der Waals surface area contributed by atoms with Gasteiger partial charge in [-0.1, -0.05) is 42.5 Å². The van der Waals surface area contributed by atoms with Crippen molar-refractivity contribution in [3.05, 3.63) is 90.0 Å². The highest BCUT2D eigenvalue weighted by Crippen LogP contribution is 2.31. The number of amides is 1. The summed E-state index contributed by atoms with van der Waals surface area (Å²) in [6.45, 7) is 0.190. The van der Waals surface area contributed by atoms with E-state index in [1.54, 1.807) is 36.4 Å². The first-order chi connectivity index (χ1) is 14.2. The number of rotatable bonds is 5. The van der Waals surface area contributed by atoms with Crippen LogP contribution in [0.2, 0.25) is 0 Å². The number of fused-ring (bicyclic) bond motifs is 1. The van der Waals surface area contributed by atoms with Gasteiger partial charge in [0.25, 0.3) is 5.91 Å². The SMILES string of the molecule is O=C(Nc1ccccc1)c1ccc(COC(=O)[C@@H]2COc3ccccc3O2)cc1. The standard InChI is InChI=1S/C23H19NO5/c25-22(24-18-6-2-1-3-7-18)17-12-10-16(11-13-17)14-28-23(26)21-15-27-19-8-4-5-9-20(19)29-21/h1-13,21H,14-15H2,(H,24,25)/t21-/m0/s1. The second-order valence-electron chi connectivity index (χ2n) is 6.49. The third kappa shape index (κ3) is 4.55. The minimum atomic E-state index is -0.805. The zero-order chi connectivity index (χ0) is 20.1. The van der Waals surface area contributed by atoms with Crippen molar-refractivity contribution < 1.29 is 23.8 Å². The molecule has 0 aromatic heterocycles. The number of para-hydroxylation sites is 3. The molecule has 0 fully saturated rings. The van der Waals surface area contributed by atoms with E-state index in [0.29, 0.717) is 17.1 Å². The summed E-state index contributed by atoms with van der Waals surface area (Å²) in [6.07, 6.45) is -0.805. The van der Waals surface area contributed by atoms with Gasteiger partial charge in [-0.15, -0.1) is 0 Å². The number of benzene rings is 3. The number of anilines is 1. The second-order valence-corrected chi connectivity index (χ2v) is 6.49. The maximum Gasteiger partial charge on any atom is 0.351 e. The van der Waals surface area contributed by atoms with E-state index in [-0.39, 0.29) is 19.1 Å². The first-order valence-electron chi connectivity index (χ1n) is 9.19. The number of nitrogens with one attached hydrogen (secondary N) is 1. The molecule has 1 aliphatic heterocycles. The van der Waals surface area contributed by atoms with Gasteiger partial charge in [0.15, 0.2) is 11.5 Å². The summed E-state index contributed by atoms with van der Waals surface area (Å²) in [6, 6.07) is 23.3. The zero-order valence-corrected chi connectivity index (χ0v) is 15.5. The highest BCUT2D eigenvalue weighted by molar-refractivity contribution is 6.04. The van der Waals surface area contributed by atoms with Gasteiger partial charge >= 0.3 is 5.97 Å². The molecule has 0 spiro atoms. The van der Waals surface area contributed by atoms with E-state index >= 15 is 0 Å². The molecule has 146 valence electrons. The van der Waals surface area contributed by atoms with Crippen LogP contribution in [0.4, 0.5) is 5.69 Å². The van der Waals surface area contributed by atoms with Crippen molar-refractivity contribution in [2.24, 2.45) is 0 Å². The van der Waals surface area contributed by atoms with Crippen LogP contribution in [0.15, 0.2) is 78.9 Å². The summed E-state index contributed by atoms with van der Waals surface area (Å²) in [5.74, 6) is 0.437. The second kappa shape index (κ2) is 8.48. The minimum absolute atomic E-state index is 0.0843. The van der Waals surface area contributed by atoms with Gasteiger partial charge in [-0.05, 0) is 42.0 Å². The van der Waals surface area contributed by atoms with Crippen LogP contribution in [-0.4, -0.2) is 24.6 Å². The molecule has 1 amide bonds. The molecule has 6 nitrogen and oxygen atoms in total. The van der Waals surface area contributed by atoms with Crippen LogP contribution in [-0.2, 0) is 16.1 Å². The Balaban J connectivity index is 1.30. The molecule has 0 saturated carbocycles. The monoisotopic (exact) mass is 389 g/mol. The predicted molar refractivity (Wildman–Crippen MR) is 107 cm³/mol. The summed E-state index contributed by atoms with van der Waals surface area (Å²) in [5.41, 5.74) is 2.02. The molecule has 1 heterocycles. The Morgan fingerprint density at radius 1 is 0.897 bits per heavy atom. The topological polar surface area (TPSA) is 73.9 Å². The largest absolute Gasteiger partial charge is 0.485 e. The average molecular weight is 389 g/mol. The van der Waals surface area contributed by atoms with Crippen molar-refractivity contribution in [3.8, 4) is 11.5 Å². The molecule has 0 saturated heterocycles. The summed E-state index contributed by atoms with van der Waals surface area (Å²) in [7, 11) is 0. The fraction of sp³-hybridized carbons (Fsp3) is 0.130. The molecule has 6 heteroatoms. The van der Waals surface area contributed by atoms with E-state index in [1.165, 1.54) is 0 Å². The van der Waals surface area contributed by atoms with Gasteiger partial charge in [0.2, 0.25) is 6.10 Å². The van der Waals surface area contributed by atoms with Gasteiger partial charge < -0.3 is 19.5 Å². The van der Waals surface area contributed by atoms with Crippen molar-refractivity contribution in [1.82, 2.24) is 0 Å². The van der Waals surface area contributed by atoms with Gasteiger partial charge in [0.05, 0.1) is 0 Å². The number of carbonyl (C=O) groups is 2. The van der Waals surface area contributed by atoms with Gasteiger partial charge in [-0.25, -0.2) is 4.79 Å². The third-order valence-corrected chi connectivity index (χ3v) is 4.40. The van der Waals surface area contributed by atoms with Crippen LogP contribution >= 0.6 is 0 Å². The first kappa shape index (κ1) is 18.6. The molecule has 1 atom stereocenters. The number of hydrogen-bond acceptors (Lipinski definition) is 5. The lowest BCUT2D eigenvalue weighted by molar-refractivity contribution is -0.155. The van der Waals surface area contributed by atoms with Crippen LogP contribution in [0.5, 0.6) is 11.5 Å². The highest BCUT2D eigenvalue weighted by atomic mass is 16.6. The van der Waals surface area contributed by atoms with Crippen LogP contribution in [0.3, 0.4) is 0 Å². The Hall–Kier alpha value is -3.80.